The van der Waals surface area contributed by atoms with E-state index in [0.29, 0.717) is 10.7 Å². The van der Waals surface area contributed by atoms with Gasteiger partial charge in [0, 0.05) is 16.7 Å². The van der Waals surface area contributed by atoms with E-state index in [1.807, 2.05) is 66.7 Å². The van der Waals surface area contributed by atoms with Gasteiger partial charge in [0.1, 0.15) is 6.04 Å². The quantitative estimate of drug-likeness (QED) is 0.671. The van der Waals surface area contributed by atoms with E-state index in [9.17, 15) is 8.42 Å². The molecule has 0 spiro atoms. The zero-order valence-corrected chi connectivity index (χ0v) is 14.0. The Morgan fingerprint density at radius 2 is 1.40 bits per heavy atom. The van der Waals surface area contributed by atoms with E-state index < -0.39 is 10.0 Å². The van der Waals surface area contributed by atoms with Crippen molar-refractivity contribution in [1.82, 2.24) is 4.31 Å². The fourth-order valence-corrected chi connectivity index (χ4v) is 5.42. The number of nitrogens with zero attached hydrogens (tertiary/aromatic N) is 2. The second-order valence-corrected chi connectivity index (χ2v) is 7.88. The maximum absolute atomic E-state index is 13.3. The van der Waals surface area contributed by atoms with Gasteiger partial charge in [0.25, 0.3) is 10.0 Å². The number of hydrogen-bond donors (Lipinski definition) is 0. The summed E-state index contributed by atoms with van der Waals surface area (Å²) < 4.78 is 28.0. The van der Waals surface area contributed by atoms with Crippen LogP contribution in [0.3, 0.4) is 0 Å². The van der Waals surface area contributed by atoms with Crippen LogP contribution in [-0.4, -0.2) is 18.6 Å². The molecule has 5 rings (SSSR count). The molecular formula is C20H14N2O2S. The highest BCUT2D eigenvalue weighted by atomic mass is 32.2. The van der Waals surface area contributed by atoms with Crippen LogP contribution in [0.1, 0.15) is 22.7 Å². The average Bonchev–Trinajstić information content (AvgIpc) is 2.90. The first-order valence-electron chi connectivity index (χ1n) is 8.04. The number of para-hydroxylation sites is 1. The average molecular weight is 346 g/mol. The number of benzene rings is 3. The molecule has 2 aliphatic rings. The molecule has 25 heavy (non-hydrogen) atoms. The van der Waals surface area contributed by atoms with Gasteiger partial charge in [0.2, 0.25) is 0 Å². The van der Waals surface area contributed by atoms with Crippen LogP contribution >= 0.6 is 0 Å². The Balaban J connectivity index is 1.86. The molecule has 5 heteroatoms. The Bertz CT molecular complexity index is 1120. The number of amidine groups is 1. The molecule has 4 nitrogen and oxygen atoms in total. The van der Waals surface area contributed by atoms with Gasteiger partial charge < -0.3 is 0 Å². The summed E-state index contributed by atoms with van der Waals surface area (Å²) in [5.74, 6) is 0.473. The lowest BCUT2D eigenvalue weighted by Gasteiger charge is -2.32. The minimum Gasteiger partial charge on any atom is -0.237 e. The first-order valence-corrected chi connectivity index (χ1v) is 9.48. The molecule has 0 unspecified atom stereocenters. The van der Waals surface area contributed by atoms with Crippen molar-refractivity contribution in [3.63, 3.8) is 0 Å². The molecule has 0 saturated carbocycles. The van der Waals surface area contributed by atoms with Crippen molar-refractivity contribution >= 4 is 21.5 Å². The van der Waals surface area contributed by atoms with Crippen molar-refractivity contribution in [2.75, 3.05) is 0 Å². The van der Waals surface area contributed by atoms with Crippen molar-refractivity contribution in [2.45, 2.75) is 10.9 Å². The summed E-state index contributed by atoms with van der Waals surface area (Å²) in [7, 11) is -3.64. The van der Waals surface area contributed by atoms with Crippen LogP contribution in [0.25, 0.3) is 0 Å². The summed E-state index contributed by atoms with van der Waals surface area (Å²) in [6, 6.07) is 24.1. The third-order valence-electron chi connectivity index (χ3n) is 4.68. The Kier molecular flexibility index (Phi) is 2.91. The van der Waals surface area contributed by atoms with Crippen molar-refractivity contribution in [3.8, 4) is 0 Å². The maximum atomic E-state index is 13.3. The van der Waals surface area contributed by atoms with Crippen molar-refractivity contribution in [2.24, 2.45) is 4.99 Å². The predicted molar refractivity (Wildman–Crippen MR) is 96.4 cm³/mol. The van der Waals surface area contributed by atoms with Gasteiger partial charge in [-0.1, -0.05) is 66.7 Å². The molecule has 0 aliphatic carbocycles. The van der Waals surface area contributed by atoms with E-state index in [0.717, 1.165) is 22.4 Å². The molecule has 2 heterocycles. The summed E-state index contributed by atoms with van der Waals surface area (Å²) in [5.41, 5.74) is 3.32. The van der Waals surface area contributed by atoms with Crippen molar-refractivity contribution in [3.05, 3.63) is 95.6 Å². The fourth-order valence-electron chi connectivity index (χ4n) is 3.61. The van der Waals surface area contributed by atoms with E-state index in [4.69, 9.17) is 4.99 Å². The van der Waals surface area contributed by atoms with Gasteiger partial charge in [-0.3, -0.25) is 0 Å². The highest BCUT2D eigenvalue weighted by Gasteiger charge is 2.47. The number of aliphatic imine (C=N–C) groups is 1. The van der Waals surface area contributed by atoms with Gasteiger partial charge >= 0.3 is 0 Å². The molecule has 2 aliphatic heterocycles. The lowest BCUT2D eigenvalue weighted by molar-refractivity contribution is 0.498. The molecule has 122 valence electrons. The van der Waals surface area contributed by atoms with Gasteiger partial charge in [0.15, 0.2) is 5.84 Å². The van der Waals surface area contributed by atoms with Crippen LogP contribution in [0.4, 0.5) is 5.69 Å². The summed E-state index contributed by atoms with van der Waals surface area (Å²) >= 11 is 0. The number of hydrogen-bond acceptors (Lipinski definition) is 3. The Labute approximate surface area is 146 Å². The second-order valence-electron chi connectivity index (χ2n) is 6.10. The maximum Gasteiger partial charge on any atom is 0.266 e. The monoisotopic (exact) mass is 346 g/mol. The first kappa shape index (κ1) is 14.4. The van der Waals surface area contributed by atoms with E-state index in [1.54, 1.807) is 12.1 Å². The van der Waals surface area contributed by atoms with Crippen molar-refractivity contribution < 1.29 is 8.42 Å². The van der Waals surface area contributed by atoms with Crippen LogP contribution in [0, 0.1) is 0 Å². The molecule has 0 amide bonds. The minimum atomic E-state index is -3.64. The molecular weight excluding hydrogens is 332 g/mol. The standard InChI is InChI=1S/C20H14N2O2S/c23-25(24)18-13-7-5-11-16(18)19-15-10-4-6-12-17(15)21-20(22(19)25)14-8-2-1-3-9-14/h1-13,19H/t19-/m1/s1. The molecule has 0 aromatic heterocycles. The highest BCUT2D eigenvalue weighted by molar-refractivity contribution is 7.90. The van der Waals surface area contributed by atoms with Crippen LogP contribution in [0.15, 0.2) is 88.8 Å². The van der Waals surface area contributed by atoms with Gasteiger partial charge in [-0.15, -0.1) is 0 Å². The lowest BCUT2D eigenvalue weighted by Crippen LogP contribution is -2.37. The minimum absolute atomic E-state index is 0.361. The largest absolute Gasteiger partial charge is 0.266 e. The summed E-state index contributed by atoms with van der Waals surface area (Å²) in [6.45, 7) is 0. The molecule has 1 atom stereocenters. The van der Waals surface area contributed by atoms with E-state index in [-0.39, 0.29) is 6.04 Å². The molecule has 0 radical (unpaired) electrons. The van der Waals surface area contributed by atoms with Crippen LogP contribution in [-0.2, 0) is 10.0 Å². The van der Waals surface area contributed by atoms with Crippen molar-refractivity contribution in [1.29, 1.82) is 0 Å². The third-order valence-corrected chi connectivity index (χ3v) is 6.51. The number of rotatable bonds is 1. The first-order chi connectivity index (χ1) is 12.2. The fraction of sp³-hybridized carbons (Fsp3) is 0.0500. The Hall–Kier alpha value is -2.92. The van der Waals surface area contributed by atoms with Crippen LogP contribution in [0.5, 0.6) is 0 Å². The second kappa shape index (κ2) is 5.04. The zero-order valence-electron chi connectivity index (χ0n) is 13.2. The third kappa shape index (κ3) is 1.93. The molecule has 0 saturated heterocycles. The van der Waals surface area contributed by atoms with E-state index >= 15 is 0 Å². The predicted octanol–water partition coefficient (Wildman–Crippen LogP) is 3.87. The summed E-state index contributed by atoms with van der Waals surface area (Å²) in [4.78, 5) is 5.06. The van der Waals surface area contributed by atoms with Gasteiger partial charge in [0.05, 0.1) is 10.6 Å². The highest BCUT2D eigenvalue weighted by Crippen LogP contribution is 2.49. The molecule has 0 N–H and O–H groups in total. The number of sulfonamides is 1. The lowest BCUT2D eigenvalue weighted by atomic mass is 9.95. The summed E-state index contributed by atoms with van der Waals surface area (Å²) in [5, 5.41) is 0. The van der Waals surface area contributed by atoms with E-state index in [2.05, 4.69) is 0 Å². The molecule has 0 fully saturated rings. The van der Waals surface area contributed by atoms with Gasteiger partial charge in [-0.05, 0) is 12.1 Å². The van der Waals surface area contributed by atoms with Gasteiger partial charge in [-0.2, -0.15) is 0 Å². The Morgan fingerprint density at radius 1 is 0.760 bits per heavy atom. The van der Waals surface area contributed by atoms with E-state index in [1.165, 1.54) is 4.31 Å². The molecule has 0 bridgehead atoms. The van der Waals surface area contributed by atoms with Crippen LogP contribution in [0.2, 0.25) is 0 Å². The zero-order chi connectivity index (χ0) is 17.0. The Morgan fingerprint density at radius 3 is 2.20 bits per heavy atom. The normalized spacial score (nSPS) is 19.6. The van der Waals surface area contributed by atoms with Crippen LogP contribution < -0.4 is 0 Å². The topological polar surface area (TPSA) is 49.7 Å². The molecule has 3 aromatic carbocycles. The number of fused-ring (bicyclic) bond motifs is 5. The van der Waals surface area contributed by atoms with Gasteiger partial charge in [-0.25, -0.2) is 17.7 Å². The SMILES string of the molecule is O=S1(=O)c2ccccc2[C@H]2c3ccccc3N=C(c3ccccc3)N21. The summed E-state index contributed by atoms with van der Waals surface area (Å²) in [6.07, 6.45) is 0. The molecule has 3 aromatic rings. The smallest absolute Gasteiger partial charge is 0.237 e.